The molecule has 0 atom stereocenters. The summed E-state index contributed by atoms with van der Waals surface area (Å²) in [5, 5.41) is 21.3. The van der Waals surface area contributed by atoms with Crippen LogP contribution in [0.5, 0.6) is 0 Å². The number of hydrogen-bond acceptors (Lipinski definition) is 5. The van der Waals surface area contributed by atoms with Crippen molar-refractivity contribution in [2.24, 2.45) is 0 Å². The summed E-state index contributed by atoms with van der Waals surface area (Å²) in [5.74, 6) is 0. The molecule has 1 saturated carbocycles. The predicted octanol–water partition coefficient (Wildman–Crippen LogP) is 4.33. The minimum Gasteiger partial charge on any atom is -0.393 e. The van der Waals surface area contributed by atoms with Crippen molar-refractivity contribution in [3.63, 3.8) is 0 Å². The second-order valence-electron chi connectivity index (χ2n) is 6.96. The Morgan fingerprint density at radius 1 is 1.04 bits per heavy atom. The Morgan fingerprint density at radius 2 is 1.85 bits per heavy atom. The quantitative estimate of drug-likeness (QED) is 0.568. The molecule has 26 heavy (non-hydrogen) atoms. The lowest BCUT2D eigenvalue weighted by Crippen LogP contribution is -2.28. The maximum absolute atomic E-state index is 9.66. The van der Waals surface area contributed by atoms with Gasteiger partial charge >= 0.3 is 0 Å². The van der Waals surface area contributed by atoms with Gasteiger partial charge in [-0.15, -0.1) is 5.10 Å². The smallest absolute Gasteiger partial charge is 0.214 e. The molecule has 6 heteroatoms. The van der Waals surface area contributed by atoms with Gasteiger partial charge in [0.2, 0.25) is 10.1 Å². The van der Waals surface area contributed by atoms with Crippen molar-refractivity contribution in [3.05, 3.63) is 48.7 Å². The molecule has 5 rings (SSSR count). The molecule has 0 aliphatic heterocycles. The van der Waals surface area contributed by atoms with Crippen molar-refractivity contribution in [1.82, 2.24) is 14.6 Å². The van der Waals surface area contributed by atoms with Gasteiger partial charge in [0.15, 0.2) is 0 Å². The molecule has 0 spiro atoms. The van der Waals surface area contributed by atoms with E-state index in [2.05, 4.69) is 52.8 Å². The van der Waals surface area contributed by atoms with E-state index >= 15 is 0 Å². The topological polar surface area (TPSA) is 62.5 Å². The van der Waals surface area contributed by atoms with Gasteiger partial charge in [-0.3, -0.25) is 0 Å². The van der Waals surface area contributed by atoms with E-state index < -0.39 is 0 Å². The molecule has 2 heterocycles. The number of rotatable bonds is 3. The Labute approximate surface area is 155 Å². The van der Waals surface area contributed by atoms with Crippen molar-refractivity contribution >= 4 is 32.2 Å². The van der Waals surface area contributed by atoms with Crippen LogP contribution in [0.1, 0.15) is 25.7 Å². The molecule has 0 amide bonds. The molecule has 0 bridgehead atoms. The van der Waals surface area contributed by atoms with Gasteiger partial charge in [0, 0.05) is 11.6 Å². The molecule has 2 aromatic heterocycles. The summed E-state index contributed by atoms with van der Waals surface area (Å²) in [6.45, 7) is 0. The largest absolute Gasteiger partial charge is 0.393 e. The molecule has 2 aromatic carbocycles. The highest BCUT2D eigenvalue weighted by atomic mass is 32.1. The zero-order valence-corrected chi connectivity index (χ0v) is 15.1. The van der Waals surface area contributed by atoms with E-state index in [9.17, 15) is 5.11 Å². The number of benzene rings is 2. The monoisotopic (exact) mass is 364 g/mol. The number of aliphatic hydroxyl groups is 1. The Hall–Kier alpha value is -2.44. The number of aromatic nitrogens is 3. The first-order valence-electron chi connectivity index (χ1n) is 9.04. The van der Waals surface area contributed by atoms with Crippen molar-refractivity contribution in [3.8, 4) is 11.3 Å². The van der Waals surface area contributed by atoms with Crippen molar-refractivity contribution < 1.29 is 5.11 Å². The molecule has 0 saturated heterocycles. The fourth-order valence-corrected chi connectivity index (χ4v) is 4.54. The molecule has 1 fully saturated rings. The molecular formula is C20H20N4OS. The van der Waals surface area contributed by atoms with E-state index in [1.807, 2.05) is 10.7 Å². The Bertz CT molecular complexity index is 1060. The number of aliphatic hydroxyl groups excluding tert-OH is 1. The fraction of sp³-hybridized carbons (Fsp3) is 0.300. The molecule has 132 valence electrons. The first-order chi connectivity index (χ1) is 12.8. The van der Waals surface area contributed by atoms with E-state index in [0.717, 1.165) is 47.0 Å². The highest BCUT2D eigenvalue weighted by Crippen LogP contribution is 2.30. The van der Waals surface area contributed by atoms with E-state index in [-0.39, 0.29) is 6.10 Å². The van der Waals surface area contributed by atoms with Crippen molar-refractivity contribution in [1.29, 1.82) is 0 Å². The maximum Gasteiger partial charge on any atom is 0.214 e. The summed E-state index contributed by atoms with van der Waals surface area (Å²) in [7, 11) is 0. The fourth-order valence-electron chi connectivity index (χ4n) is 3.69. The first kappa shape index (κ1) is 15.8. The summed E-state index contributed by atoms with van der Waals surface area (Å²) in [6.07, 6.45) is 5.46. The molecule has 2 N–H and O–H groups in total. The second kappa shape index (κ2) is 6.37. The summed E-state index contributed by atoms with van der Waals surface area (Å²) >= 11 is 1.58. The van der Waals surface area contributed by atoms with Crippen LogP contribution < -0.4 is 5.32 Å². The van der Waals surface area contributed by atoms with Crippen LogP contribution in [0.4, 0.5) is 5.13 Å². The molecule has 1 aliphatic rings. The molecule has 1 aliphatic carbocycles. The van der Waals surface area contributed by atoms with Crippen LogP contribution in [0.25, 0.3) is 27.0 Å². The second-order valence-corrected chi connectivity index (χ2v) is 7.91. The number of nitrogens with one attached hydrogen (secondary N) is 1. The van der Waals surface area contributed by atoms with E-state index in [1.54, 1.807) is 11.3 Å². The van der Waals surface area contributed by atoms with Gasteiger partial charge in [-0.25, -0.2) is 9.50 Å². The van der Waals surface area contributed by atoms with Crippen LogP contribution >= 0.6 is 11.3 Å². The van der Waals surface area contributed by atoms with Gasteiger partial charge in [0.1, 0.15) is 0 Å². The zero-order valence-electron chi connectivity index (χ0n) is 14.3. The molecule has 0 unspecified atom stereocenters. The summed E-state index contributed by atoms with van der Waals surface area (Å²) in [4.78, 5) is 5.43. The summed E-state index contributed by atoms with van der Waals surface area (Å²) in [6, 6.07) is 15.2. The SMILES string of the molecule is OC1CCC(Nc2nn3c(-c4ccc5ccccc5c4)cnc3s2)CC1. The van der Waals surface area contributed by atoms with Gasteiger partial charge in [-0.05, 0) is 42.5 Å². The minimum absolute atomic E-state index is 0.138. The highest BCUT2D eigenvalue weighted by Gasteiger charge is 2.21. The van der Waals surface area contributed by atoms with Gasteiger partial charge < -0.3 is 10.4 Å². The van der Waals surface area contributed by atoms with Crippen molar-refractivity contribution in [2.75, 3.05) is 5.32 Å². The number of anilines is 1. The maximum atomic E-state index is 9.66. The van der Waals surface area contributed by atoms with Crippen LogP contribution in [-0.2, 0) is 0 Å². The first-order valence-corrected chi connectivity index (χ1v) is 9.86. The van der Waals surface area contributed by atoms with E-state index in [1.165, 1.54) is 10.8 Å². The Kier molecular flexibility index (Phi) is 3.87. The van der Waals surface area contributed by atoms with Crippen LogP contribution in [0, 0.1) is 0 Å². The molecular weight excluding hydrogens is 344 g/mol. The average Bonchev–Trinajstić information content (AvgIpc) is 3.23. The summed E-state index contributed by atoms with van der Waals surface area (Å²) in [5.41, 5.74) is 2.13. The zero-order chi connectivity index (χ0) is 17.5. The standard InChI is InChI=1S/C20H20N4OS/c25-17-9-7-16(8-10-17)22-19-23-24-18(12-21-20(24)26-19)15-6-5-13-3-1-2-4-14(13)11-15/h1-6,11-12,16-17,25H,7-10H2,(H,22,23). The van der Waals surface area contributed by atoms with Crippen molar-refractivity contribution in [2.45, 2.75) is 37.8 Å². The number of imidazole rings is 1. The predicted molar refractivity (Wildman–Crippen MR) is 106 cm³/mol. The van der Waals surface area contributed by atoms with Crippen LogP contribution in [-0.4, -0.2) is 31.9 Å². The number of nitrogens with zero attached hydrogens (tertiary/aromatic N) is 3. The lowest BCUT2D eigenvalue weighted by atomic mass is 9.93. The highest BCUT2D eigenvalue weighted by molar-refractivity contribution is 7.20. The third-order valence-electron chi connectivity index (χ3n) is 5.15. The Morgan fingerprint density at radius 3 is 2.69 bits per heavy atom. The third kappa shape index (κ3) is 2.85. The van der Waals surface area contributed by atoms with Crippen LogP contribution in [0.2, 0.25) is 0 Å². The van der Waals surface area contributed by atoms with Crippen LogP contribution in [0.3, 0.4) is 0 Å². The Balaban J connectivity index is 1.45. The van der Waals surface area contributed by atoms with E-state index in [4.69, 9.17) is 5.10 Å². The average molecular weight is 364 g/mol. The van der Waals surface area contributed by atoms with Crippen LogP contribution in [0.15, 0.2) is 48.7 Å². The lowest BCUT2D eigenvalue weighted by Gasteiger charge is -2.25. The van der Waals surface area contributed by atoms with Gasteiger partial charge in [0.25, 0.3) is 0 Å². The molecule has 0 radical (unpaired) electrons. The number of fused-ring (bicyclic) bond motifs is 2. The molecule has 4 aromatic rings. The minimum atomic E-state index is -0.138. The number of hydrogen-bond donors (Lipinski definition) is 2. The lowest BCUT2D eigenvalue weighted by molar-refractivity contribution is 0.126. The van der Waals surface area contributed by atoms with Gasteiger partial charge in [0.05, 0.1) is 18.0 Å². The van der Waals surface area contributed by atoms with E-state index in [0.29, 0.717) is 6.04 Å². The van der Waals surface area contributed by atoms with Gasteiger partial charge in [-0.2, -0.15) is 0 Å². The third-order valence-corrected chi connectivity index (χ3v) is 6.01. The normalized spacial score (nSPS) is 20.7. The van der Waals surface area contributed by atoms with Gasteiger partial charge in [-0.1, -0.05) is 47.7 Å². The molecule has 5 nitrogen and oxygen atoms in total. The summed E-state index contributed by atoms with van der Waals surface area (Å²) < 4.78 is 1.93.